The van der Waals surface area contributed by atoms with Gasteiger partial charge in [0.2, 0.25) is 0 Å². The maximum atomic E-state index is 11.1. The van der Waals surface area contributed by atoms with Crippen molar-refractivity contribution in [3.05, 3.63) is 12.2 Å². The van der Waals surface area contributed by atoms with E-state index in [1.54, 1.807) is 13.0 Å². The molecule has 0 fully saturated rings. The van der Waals surface area contributed by atoms with Crippen molar-refractivity contribution in [3.8, 4) is 0 Å². The summed E-state index contributed by atoms with van der Waals surface area (Å²) in [5.74, 6) is -1.17. The van der Waals surface area contributed by atoms with Crippen LogP contribution in [0.3, 0.4) is 0 Å². The van der Waals surface area contributed by atoms with Crippen LogP contribution >= 0.6 is 0 Å². The SMILES string of the molecule is CCOC(=O)CC(=O)OCCC/C=C/C(C)=O. The summed E-state index contributed by atoms with van der Waals surface area (Å²) in [6, 6.07) is 0. The Bertz CT molecular complexity index is 293. The number of esters is 2. The van der Waals surface area contributed by atoms with E-state index in [0.717, 1.165) is 0 Å². The van der Waals surface area contributed by atoms with Crippen molar-refractivity contribution in [1.82, 2.24) is 0 Å². The van der Waals surface area contributed by atoms with Crippen molar-refractivity contribution in [2.24, 2.45) is 0 Å². The van der Waals surface area contributed by atoms with Gasteiger partial charge in [0.1, 0.15) is 6.42 Å². The highest BCUT2D eigenvalue weighted by molar-refractivity contribution is 5.91. The molecule has 96 valence electrons. The minimum atomic E-state index is -0.584. The second-order valence-corrected chi connectivity index (χ2v) is 3.36. The van der Waals surface area contributed by atoms with Gasteiger partial charge in [0.25, 0.3) is 0 Å². The van der Waals surface area contributed by atoms with Gasteiger partial charge in [0.15, 0.2) is 5.78 Å². The number of carbonyl (C=O) groups is 3. The molecule has 0 atom stereocenters. The first-order valence-corrected chi connectivity index (χ1v) is 5.54. The number of unbranched alkanes of at least 4 members (excludes halogenated alkanes) is 1. The van der Waals surface area contributed by atoms with Crippen LogP contribution in [0.15, 0.2) is 12.2 Å². The first-order chi connectivity index (χ1) is 8.06. The number of hydrogen-bond acceptors (Lipinski definition) is 5. The van der Waals surface area contributed by atoms with Crippen molar-refractivity contribution >= 4 is 17.7 Å². The quantitative estimate of drug-likeness (QED) is 0.278. The molecule has 0 N–H and O–H groups in total. The van der Waals surface area contributed by atoms with Gasteiger partial charge >= 0.3 is 11.9 Å². The van der Waals surface area contributed by atoms with Gasteiger partial charge < -0.3 is 9.47 Å². The highest BCUT2D eigenvalue weighted by Crippen LogP contribution is 1.96. The van der Waals surface area contributed by atoms with Crippen LogP contribution in [0.4, 0.5) is 0 Å². The Kier molecular flexibility index (Phi) is 8.64. The molecule has 0 spiro atoms. The Morgan fingerprint density at radius 2 is 1.76 bits per heavy atom. The normalized spacial score (nSPS) is 10.2. The van der Waals surface area contributed by atoms with E-state index in [1.807, 2.05) is 0 Å². The molecule has 0 saturated heterocycles. The number of hydrogen-bond donors (Lipinski definition) is 0. The molecule has 0 heterocycles. The first kappa shape index (κ1) is 15.3. The van der Waals surface area contributed by atoms with E-state index in [4.69, 9.17) is 4.74 Å². The van der Waals surface area contributed by atoms with Crippen LogP contribution < -0.4 is 0 Å². The van der Waals surface area contributed by atoms with E-state index in [9.17, 15) is 14.4 Å². The maximum absolute atomic E-state index is 11.1. The van der Waals surface area contributed by atoms with Crippen molar-refractivity contribution < 1.29 is 23.9 Å². The van der Waals surface area contributed by atoms with Gasteiger partial charge in [-0.3, -0.25) is 14.4 Å². The summed E-state index contributed by atoms with van der Waals surface area (Å²) in [5, 5.41) is 0. The lowest BCUT2D eigenvalue weighted by Crippen LogP contribution is -2.14. The third kappa shape index (κ3) is 10.6. The standard InChI is InChI=1S/C12H18O5/c1-3-16-11(14)9-12(15)17-8-6-4-5-7-10(2)13/h5,7H,3-4,6,8-9H2,1-2H3/b7-5+. The van der Waals surface area contributed by atoms with Crippen LogP contribution in [0.1, 0.15) is 33.1 Å². The lowest BCUT2D eigenvalue weighted by molar-refractivity contribution is -0.154. The number of carbonyl (C=O) groups excluding carboxylic acids is 3. The predicted octanol–water partition coefficient (Wildman–Crippen LogP) is 1.41. The number of allylic oxidation sites excluding steroid dienone is 2. The summed E-state index contributed by atoms with van der Waals surface area (Å²) in [6.07, 6.45) is 4.13. The average Bonchev–Trinajstić information content (AvgIpc) is 2.23. The fourth-order valence-corrected chi connectivity index (χ4v) is 1.02. The second-order valence-electron chi connectivity index (χ2n) is 3.36. The third-order valence-corrected chi connectivity index (χ3v) is 1.72. The van der Waals surface area contributed by atoms with Crippen molar-refractivity contribution in [3.63, 3.8) is 0 Å². The lowest BCUT2D eigenvalue weighted by Gasteiger charge is -2.03. The van der Waals surface area contributed by atoms with Crippen molar-refractivity contribution in [2.75, 3.05) is 13.2 Å². The van der Waals surface area contributed by atoms with Crippen LogP contribution in [0.25, 0.3) is 0 Å². The van der Waals surface area contributed by atoms with Crippen molar-refractivity contribution in [1.29, 1.82) is 0 Å². The Balaban J connectivity index is 3.51. The molecule has 0 aliphatic heterocycles. The van der Waals surface area contributed by atoms with E-state index in [-0.39, 0.29) is 25.4 Å². The molecule has 0 amide bonds. The molecule has 5 heteroatoms. The van der Waals surface area contributed by atoms with Crippen LogP contribution in [0.5, 0.6) is 0 Å². The lowest BCUT2D eigenvalue weighted by atomic mass is 10.3. The molecule has 0 aliphatic carbocycles. The molecule has 0 rings (SSSR count). The Labute approximate surface area is 101 Å². The van der Waals surface area contributed by atoms with Crippen LogP contribution in [0.2, 0.25) is 0 Å². The van der Waals surface area contributed by atoms with Gasteiger partial charge in [-0.15, -0.1) is 0 Å². The van der Waals surface area contributed by atoms with E-state index >= 15 is 0 Å². The summed E-state index contributed by atoms with van der Waals surface area (Å²) in [6.45, 7) is 3.63. The topological polar surface area (TPSA) is 69.7 Å². The van der Waals surface area contributed by atoms with E-state index in [2.05, 4.69) is 4.74 Å². The summed E-state index contributed by atoms with van der Waals surface area (Å²) < 4.78 is 9.40. The molecule has 0 unspecified atom stereocenters. The minimum absolute atomic E-state index is 0.00990. The number of ketones is 1. The molecule has 0 aromatic heterocycles. The van der Waals surface area contributed by atoms with Gasteiger partial charge in [-0.2, -0.15) is 0 Å². The molecule has 0 aliphatic rings. The molecule has 5 nitrogen and oxygen atoms in total. The summed E-state index contributed by atoms with van der Waals surface area (Å²) >= 11 is 0. The summed E-state index contributed by atoms with van der Waals surface area (Å²) in [7, 11) is 0. The molecule has 0 radical (unpaired) electrons. The van der Waals surface area contributed by atoms with Gasteiger partial charge in [-0.05, 0) is 32.8 Å². The van der Waals surface area contributed by atoms with Gasteiger partial charge in [0, 0.05) is 0 Å². The van der Waals surface area contributed by atoms with E-state index in [1.165, 1.54) is 13.0 Å². The molecular formula is C12H18O5. The highest BCUT2D eigenvalue weighted by atomic mass is 16.6. The van der Waals surface area contributed by atoms with Crippen LogP contribution in [0, 0.1) is 0 Å². The van der Waals surface area contributed by atoms with E-state index < -0.39 is 11.9 Å². The summed E-state index contributed by atoms with van der Waals surface area (Å²) in [5.41, 5.74) is 0. The second kappa shape index (κ2) is 9.57. The highest BCUT2D eigenvalue weighted by Gasteiger charge is 2.10. The Morgan fingerprint density at radius 1 is 1.12 bits per heavy atom. The van der Waals surface area contributed by atoms with Gasteiger partial charge in [0.05, 0.1) is 13.2 Å². The van der Waals surface area contributed by atoms with Gasteiger partial charge in [-0.25, -0.2) is 0 Å². The molecule has 0 aromatic carbocycles. The number of ether oxygens (including phenoxy) is 2. The largest absolute Gasteiger partial charge is 0.466 e. The van der Waals surface area contributed by atoms with Crippen LogP contribution in [-0.4, -0.2) is 30.9 Å². The minimum Gasteiger partial charge on any atom is -0.466 e. The van der Waals surface area contributed by atoms with E-state index in [0.29, 0.717) is 12.8 Å². The van der Waals surface area contributed by atoms with Gasteiger partial charge in [-0.1, -0.05) is 6.08 Å². The first-order valence-electron chi connectivity index (χ1n) is 5.54. The molecule has 0 bridgehead atoms. The number of rotatable bonds is 8. The summed E-state index contributed by atoms with van der Waals surface area (Å²) in [4.78, 5) is 32.5. The maximum Gasteiger partial charge on any atom is 0.317 e. The monoisotopic (exact) mass is 242 g/mol. The molecule has 0 saturated carbocycles. The Morgan fingerprint density at radius 3 is 2.35 bits per heavy atom. The van der Waals surface area contributed by atoms with Crippen molar-refractivity contribution in [2.45, 2.75) is 33.1 Å². The third-order valence-electron chi connectivity index (χ3n) is 1.72. The average molecular weight is 242 g/mol. The zero-order chi connectivity index (χ0) is 13.1. The fourth-order valence-electron chi connectivity index (χ4n) is 1.02. The predicted molar refractivity (Wildman–Crippen MR) is 61.3 cm³/mol. The Hall–Kier alpha value is -1.65. The smallest absolute Gasteiger partial charge is 0.317 e. The zero-order valence-electron chi connectivity index (χ0n) is 10.2. The zero-order valence-corrected chi connectivity index (χ0v) is 10.2. The molecular weight excluding hydrogens is 224 g/mol. The van der Waals surface area contributed by atoms with Crippen LogP contribution in [-0.2, 0) is 23.9 Å². The molecule has 17 heavy (non-hydrogen) atoms. The fraction of sp³-hybridized carbons (Fsp3) is 0.583. The molecule has 0 aromatic rings.